The monoisotopic (exact) mass is 448 g/mol. The van der Waals surface area contributed by atoms with E-state index in [2.05, 4.69) is 10.1 Å². The van der Waals surface area contributed by atoms with Crippen LogP contribution < -0.4 is 10.6 Å². The fraction of sp³-hybridized carbons (Fsp3) is 0.263. The van der Waals surface area contributed by atoms with E-state index in [0.717, 1.165) is 11.6 Å². The lowest BCUT2D eigenvalue weighted by Crippen LogP contribution is -2.69. The number of esters is 1. The summed E-state index contributed by atoms with van der Waals surface area (Å²) in [6.45, 7) is 2.77. The summed E-state index contributed by atoms with van der Waals surface area (Å²) in [5.74, 6) is -2.96. The fourth-order valence-electron chi connectivity index (χ4n) is 2.39. The first-order valence-corrected chi connectivity index (χ1v) is 9.12. The molecule has 0 aromatic heterocycles. The number of alkyl halides is 3. The van der Waals surface area contributed by atoms with Crippen molar-refractivity contribution in [1.82, 2.24) is 5.32 Å². The minimum absolute atomic E-state index is 0.0523. The molecule has 0 saturated carbocycles. The Hall–Kier alpha value is -2.45. The van der Waals surface area contributed by atoms with Crippen molar-refractivity contribution in [2.24, 2.45) is 0 Å². The summed E-state index contributed by atoms with van der Waals surface area (Å²) in [5.41, 5.74) is -3.09. The molecule has 156 valence electrons. The lowest BCUT2D eigenvalue weighted by molar-refractivity contribution is -0.204. The molecule has 0 unspecified atom stereocenters. The molecule has 0 radical (unpaired) electrons. The summed E-state index contributed by atoms with van der Waals surface area (Å²) in [4.78, 5) is 25.0. The molecule has 1 amide bonds. The number of nitrogens with one attached hydrogen (secondary N) is 2. The molecule has 2 aromatic rings. The first kappa shape index (κ1) is 22.8. The third-order valence-corrected chi connectivity index (χ3v) is 4.41. The molecule has 0 aliphatic heterocycles. The minimum Gasteiger partial charge on any atom is -0.463 e. The molecule has 2 N–H and O–H groups in total. The molecular formula is C19H17Cl2F3N2O3. The molecule has 0 aliphatic rings. The lowest BCUT2D eigenvalue weighted by Gasteiger charge is -2.35. The summed E-state index contributed by atoms with van der Waals surface area (Å²) in [7, 11) is 0. The maximum Gasteiger partial charge on any atom is 0.441 e. The van der Waals surface area contributed by atoms with Gasteiger partial charge in [-0.2, -0.15) is 13.2 Å². The number of carbonyl (C=O) groups excluding carboxylic acids is 2. The molecular weight excluding hydrogens is 432 g/mol. The molecule has 0 spiro atoms. The Balaban J connectivity index is 2.53. The van der Waals surface area contributed by atoms with Gasteiger partial charge >= 0.3 is 17.8 Å². The van der Waals surface area contributed by atoms with Gasteiger partial charge in [-0.3, -0.25) is 4.79 Å². The summed E-state index contributed by atoms with van der Waals surface area (Å²) in [6.07, 6.45) is -5.25. The number of anilines is 1. The van der Waals surface area contributed by atoms with Gasteiger partial charge in [0, 0.05) is 10.7 Å². The van der Waals surface area contributed by atoms with Gasteiger partial charge in [0.05, 0.1) is 17.2 Å². The van der Waals surface area contributed by atoms with Gasteiger partial charge in [0.25, 0.3) is 5.91 Å². The SMILES string of the molecule is CCOC(=O)[C@](NC(=O)c1ccc(Cl)cc1Cl)(Nc1ccc(C)cc1)C(F)(F)F. The molecule has 0 heterocycles. The molecule has 0 fully saturated rings. The van der Waals surface area contributed by atoms with Gasteiger partial charge in [0.15, 0.2) is 0 Å². The first-order chi connectivity index (χ1) is 13.5. The highest BCUT2D eigenvalue weighted by atomic mass is 35.5. The average Bonchev–Trinajstić information content (AvgIpc) is 2.62. The Bertz CT molecular complexity index is 905. The smallest absolute Gasteiger partial charge is 0.441 e. The van der Waals surface area contributed by atoms with Gasteiger partial charge in [0.1, 0.15) is 0 Å². The number of hydrogen-bond acceptors (Lipinski definition) is 4. The van der Waals surface area contributed by atoms with Crippen molar-refractivity contribution in [2.75, 3.05) is 11.9 Å². The van der Waals surface area contributed by atoms with Crippen LogP contribution in [0.5, 0.6) is 0 Å². The maximum absolute atomic E-state index is 14.1. The predicted octanol–water partition coefficient (Wildman–Crippen LogP) is 4.97. The Morgan fingerprint density at radius 3 is 2.21 bits per heavy atom. The zero-order chi connectivity index (χ0) is 21.8. The van der Waals surface area contributed by atoms with Crippen molar-refractivity contribution in [1.29, 1.82) is 0 Å². The van der Waals surface area contributed by atoms with Crippen molar-refractivity contribution in [3.63, 3.8) is 0 Å². The molecule has 5 nitrogen and oxygen atoms in total. The van der Waals surface area contributed by atoms with Gasteiger partial charge in [0.2, 0.25) is 0 Å². The van der Waals surface area contributed by atoms with Gasteiger partial charge in [-0.05, 0) is 44.2 Å². The van der Waals surface area contributed by atoms with Gasteiger partial charge in [-0.15, -0.1) is 0 Å². The standard InChI is InChI=1S/C19H17Cl2F3N2O3/c1-3-29-17(28)18(19(22,23)24,25-13-7-4-11(2)5-8-13)26-16(27)14-9-6-12(20)10-15(14)21/h4-10,25H,3H2,1-2H3,(H,26,27)/t18-/m1/s1. The van der Waals surface area contributed by atoms with Crippen molar-refractivity contribution < 1.29 is 27.5 Å². The van der Waals surface area contributed by atoms with Crippen molar-refractivity contribution in [2.45, 2.75) is 25.7 Å². The number of amides is 1. The summed E-state index contributed by atoms with van der Waals surface area (Å²) in [5, 5.41) is 3.81. The van der Waals surface area contributed by atoms with E-state index in [4.69, 9.17) is 23.2 Å². The highest BCUT2D eigenvalue weighted by molar-refractivity contribution is 6.36. The van der Waals surface area contributed by atoms with Crippen LogP contribution in [0.4, 0.5) is 18.9 Å². The van der Waals surface area contributed by atoms with Gasteiger partial charge in [-0.1, -0.05) is 40.9 Å². The van der Waals surface area contributed by atoms with Crippen LogP contribution in [-0.2, 0) is 9.53 Å². The van der Waals surface area contributed by atoms with E-state index in [1.165, 1.54) is 31.2 Å². The van der Waals surface area contributed by atoms with Crippen LogP contribution in [0.2, 0.25) is 10.0 Å². The van der Waals surface area contributed by atoms with Crippen LogP contribution in [0.15, 0.2) is 42.5 Å². The average molecular weight is 449 g/mol. The van der Waals surface area contributed by atoms with Crippen LogP contribution in [0.25, 0.3) is 0 Å². The van der Waals surface area contributed by atoms with E-state index in [1.807, 2.05) is 0 Å². The van der Waals surface area contributed by atoms with Crippen LogP contribution in [0, 0.1) is 6.92 Å². The Morgan fingerprint density at radius 2 is 1.69 bits per heavy atom. The highest BCUT2D eigenvalue weighted by Crippen LogP contribution is 2.34. The minimum atomic E-state index is -5.25. The van der Waals surface area contributed by atoms with Crippen molar-refractivity contribution >= 4 is 40.8 Å². The number of halogens is 5. The maximum atomic E-state index is 14.1. The van der Waals surface area contributed by atoms with Crippen molar-refractivity contribution in [3.8, 4) is 0 Å². The topological polar surface area (TPSA) is 67.4 Å². The third-order valence-electron chi connectivity index (χ3n) is 3.87. The second-order valence-electron chi connectivity index (χ2n) is 6.04. The van der Waals surface area contributed by atoms with Gasteiger partial charge < -0.3 is 15.4 Å². The highest BCUT2D eigenvalue weighted by Gasteiger charge is 2.63. The number of benzene rings is 2. The van der Waals surface area contributed by atoms with E-state index in [1.54, 1.807) is 24.4 Å². The molecule has 1 atom stereocenters. The first-order valence-electron chi connectivity index (χ1n) is 8.36. The number of aryl methyl sites for hydroxylation is 1. The number of rotatable bonds is 6. The van der Waals surface area contributed by atoms with Crippen LogP contribution >= 0.6 is 23.2 Å². The quantitative estimate of drug-likeness (QED) is 0.483. The molecule has 0 saturated heterocycles. The number of carbonyl (C=O) groups is 2. The fourth-order valence-corrected chi connectivity index (χ4v) is 2.89. The number of hydrogen-bond donors (Lipinski definition) is 2. The molecule has 29 heavy (non-hydrogen) atoms. The molecule has 2 rings (SSSR count). The van der Waals surface area contributed by atoms with E-state index in [9.17, 15) is 22.8 Å². The van der Waals surface area contributed by atoms with Crippen molar-refractivity contribution in [3.05, 3.63) is 63.6 Å². The van der Waals surface area contributed by atoms with Crippen LogP contribution in [-0.4, -0.2) is 30.3 Å². The second kappa shape index (κ2) is 8.92. The summed E-state index contributed by atoms with van der Waals surface area (Å²) in [6, 6.07) is 9.42. The second-order valence-corrected chi connectivity index (χ2v) is 6.88. The molecule has 10 heteroatoms. The molecule has 0 aliphatic carbocycles. The van der Waals surface area contributed by atoms with E-state index < -0.39 is 23.7 Å². The van der Waals surface area contributed by atoms with E-state index in [-0.39, 0.29) is 27.9 Å². The Labute approximate surface area is 175 Å². The third kappa shape index (κ3) is 5.13. The molecule has 0 bridgehead atoms. The Kier molecular flexibility index (Phi) is 7.02. The lowest BCUT2D eigenvalue weighted by atomic mass is 10.1. The van der Waals surface area contributed by atoms with E-state index >= 15 is 0 Å². The summed E-state index contributed by atoms with van der Waals surface area (Å²) < 4.78 is 47.0. The largest absolute Gasteiger partial charge is 0.463 e. The number of ether oxygens (including phenoxy) is 1. The zero-order valence-corrected chi connectivity index (χ0v) is 16.9. The Morgan fingerprint density at radius 1 is 1.07 bits per heavy atom. The van der Waals surface area contributed by atoms with Gasteiger partial charge in [-0.25, -0.2) is 4.79 Å². The zero-order valence-electron chi connectivity index (χ0n) is 15.4. The molecule has 2 aromatic carbocycles. The summed E-state index contributed by atoms with van der Waals surface area (Å²) >= 11 is 11.7. The normalized spacial score (nSPS) is 13.3. The van der Waals surface area contributed by atoms with Crippen LogP contribution in [0.3, 0.4) is 0 Å². The predicted molar refractivity (Wildman–Crippen MR) is 104 cm³/mol. The van der Waals surface area contributed by atoms with Crippen LogP contribution in [0.1, 0.15) is 22.8 Å². The van der Waals surface area contributed by atoms with E-state index in [0.29, 0.717) is 0 Å².